The molecule has 2 heteroatoms. The second-order valence-electron chi connectivity index (χ2n) is 15.7. The summed E-state index contributed by atoms with van der Waals surface area (Å²) in [5.74, 6) is 8.33. The third kappa shape index (κ3) is 13.2. The van der Waals surface area contributed by atoms with Crippen LogP contribution in [0.2, 0.25) is 0 Å². The normalized spacial score (nSPS) is 28.9. The summed E-state index contributed by atoms with van der Waals surface area (Å²) in [5, 5.41) is 0. The molecule has 0 bridgehead atoms. The van der Waals surface area contributed by atoms with Crippen LogP contribution in [-0.2, 0) is 0 Å². The van der Waals surface area contributed by atoms with Crippen molar-refractivity contribution in [3.05, 3.63) is 41.5 Å². The Balaban J connectivity index is 0.000000240. The van der Waals surface area contributed by atoms with Gasteiger partial charge < -0.3 is 0 Å². The van der Waals surface area contributed by atoms with E-state index >= 15 is 0 Å². The minimum Gasteiger partial charge on any atom is -0.0764 e. The molecule has 45 heavy (non-hydrogen) atoms. The number of hydrogen-bond acceptors (Lipinski definition) is 0. The van der Waals surface area contributed by atoms with Crippen molar-refractivity contribution in [2.24, 2.45) is 41.4 Å². The van der Waals surface area contributed by atoms with Gasteiger partial charge in [0, 0.05) is 5.92 Å². The maximum Gasteiger partial charge on any atom is 1.00 e. The number of allylic oxidation sites excluding steroid dienone is 1. The van der Waals surface area contributed by atoms with E-state index in [0.29, 0.717) is 5.92 Å². The van der Waals surface area contributed by atoms with Crippen molar-refractivity contribution in [1.82, 2.24) is 0 Å². The molecule has 0 nitrogen and oxygen atoms in total. The van der Waals surface area contributed by atoms with E-state index in [1.807, 2.05) is 0 Å². The van der Waals surface area contributed by atoms with E-state index in [1.165, 1.54) is 107 Å². The molecule has 1 aromatic rings. The number of fused-ring (bicyclic) bond motifs is 3. The van der Waals surface area contributed by atoms with E-state index < -0.39 is 0 Å². The van der Waals surface area contributed by atoms with Crippen molar-refractivity contribution in [1.29, 1.82) is 0 Å². The molecular formula is C43H72Li2+2. The van der Waals surface area contributed by atoms with Crippen molar-refractivity contribution in [2.75, 3.05) is 0 Å². The number of unbranched alkanes of at least 4 members (excludes halogenated alkanes) is 2. The molecule has 1 aromatic carbocycles. The zero-order valence-electron chi connectivity index (χ0n) is 31.3. The smallest absolute Gasteiger partial charge is 0.0764 e. The van der Waals surface area contributed by atoms with Crippen LogP contribution in [0.15, 0.2) is 30.3 Å². The fourth-order valence-electron chi connectivity index (χ4n) is 10.1. The Morgan fingerprint density at radius 1 is 0.600 bits per heavy atom. The third-order valence-electron chi connectivity index (χ3n) is 12.9. The van der Waals surface area contributed by atoms with E-state index in [9.17, 15) is 0 Å². The van der Waals surface area contributed by atoms with Crippen LogP contribution in [0.3, 0.4) is 0 Å². The molecule has 8 atom stereocenters. The number of hydrogen-bond donors (Lipinski definition) is 0. The van der Waals surface area contributed by atoms with Crippen LogP contribution in [0.1, 0.15) is 192 Å². The average Bonchev–Trinajstić information content (AvgIpc) is 3.81. The molecule has 0 saturated heterocycles. The van der Waals surface area contributed by atoms with E-state index in [-0.39, 0.29) is 37.7 Å². The maximum atomic E-state index is 2.41. The fraction of sp³-hybridized carbons (Fsp3) is 0.814. The second kappa shape index (κ2) is 23.5. The van der Waals surface area contributed by atoms with Gasteiger partial charge in [-0.15, -0.1) is 0 Å². The molecule has 0 N–H and O–H groups in total. The van der Waals surface area contributed by atoms with E-state index in [4.69, 9.17) is 0 Å². The van der Waals surface area contributed by atoms with Crippen molar-refractivity contribution in [2.45, 2.75) is 181 Å². The SMILES string of the molecule is C1CCC2CCCC2C1.CCCCC(CC)CC1C=Cc2ccccc21.CCCCC(CC)CC1CCC2CCCCC21.[Li+].[Li+]. The van der Waals surface area contributed by atoms with Crippen LogP contribution in [0.4, 0.5) is 0 Å². The van der Waals surface area contributed by atoms with Gasteiger partial charge in [0.25, 0.3) is 0 Å². The quantitative estimate of drug-likeness (QED) is 0.212. The molecule has 0 aliphatic heterocycles. The van der Waals surface area contributed by atoms with Gasteiger partial charge in [-0.1, -0.05) is 180 Å². The van der Waals surface area contributed by atoms with Crippen LogP contribution >= 0.6 is 0 Å². The Morgan fingerprint density at radius 3 is 1.78 bits per heavy atom. The standard InChI is InChI=1S/C17H32.C17H24.C9H16.2Li/c2*1-3-5-8-14(4-2)13-16-12-11-15-9-6-7-10-17(15)16;1-2-5-9-7-3-6-8(9)4-1;;/h14-17H,3-13H2,1-2H3;6-7,9-12,14,16H,3-5,8,13H2,1-2H3;8-9H,1-7H2;;/q;;;2*+1. The molecule has 0 radical (unpaired) electrons. The fourth-order valence-corrected chi connectivity index (χ4v) is 10.1. The molecule has 0 amide bonds. The Hall–Kier alpha value is 0.155. The van der Waals surface area contributed by atoms with Gasteiger partial charge >= 0.3 is 37.7 Å². The van der Waals surface area contributed by atoms with Gasteiger partial charge in [-0.2, -0.15) is 0 Å². The van der Waals surface area contributed by atoms with Crippen molar-refractivity contribution >= 4 is 6.08 Å². The Labute approximate surface area is 306 Å². The first-order valence-electron chi connectivity index (χ1n) is 19.9. The Morgan fingerprint density at radius 2 is 1.16 bits per heavy atom. The summed E-state index contributed by atoms with van der Waals surface area (Å²) in [4.78, 5) is 0. The maximum absolute atomic E-state index is 2.41. The van der Waals surface area contributed by atoms with Gasteiger partial charge in [0.1, 0.15) is 0 Å². The molecule has 6 rings (SSSR count). The zero-order chi connectivity index (χ0) is 30.3. The molecule has 5 aliphatic rings. The molecule has 244 valence electrons. The molecule has 4 saturated carbocycles. The number of rotatable bonds is 12. The summed E-state index contributed by atoms with van der Waals surface area (Å²) >= 11 is 0. The van der Waals surface area contributed by atoms with Crippen molar-refractivity contribution < 1.29 is 37.7 Å². The number of benzene rings is 1. The summed E-state index contributed by atoms with van der Waals surface area (Å²) in [6, 6.07) is 8.84. The first-order chi connectivity index (χ1) is 21.2. The van der Waals surface area contributed by atoms with Crippen LogP contribution in [0.5, 0.6) is 0 Å². The van der Waals surface area contributed by atoms with Crippen LogP contribution in [0.25, 0.3) is 6.08 Å². The van der Waals surface area contributed by atoms with Crippen LogP contribution in [-0.4, -0.2) is 0 Å². The summed E-state index contributed by atoms with van der Waals surface area (Å²) < 4.78 is 0. The third-order valence-corrected chi connectivity index (χ3v) is 12.9. The van der Waals surface area contributed by atoms with Crippen molar-refractivity contribution in [3.63, 3.8) is 0 Å². The average molecular weight is 603 g/mol. The van der Waals surface area contributed by atoms with E-state index in [1.54, 1.807) is 63.4 Å². The monoisotopic (exact) mass is 603 g/mol. The Bertz CT molecular complexity index is 895. The predicted octanol–water partition coefficient (Wildman–Crippen LogP) is 8.20. The largest absolute Gasteiger partial charge is 1.00 e. The predicted molar refractivity (Wildman–Crippen MR) is 192 cm³/mol. The van der Waals surface area contributed by atoms with Crippen molar-refractivity contribution in [3.8, 4) is 0 Å². The van der Waals surface area contributed by atoms with Gasteiger partial charge in [0.2, 0.25) is 0 Å². The van der Waals surface area contributed by atoms with Crippen LogP contribution in [0, 0.1) is 41.4 Å². The summed E-state index contributed by atoms with van der Waals surface area (Å²) in [7, 11) is 0. The molecular weight excluding hydrogens is 530 g/mol. The molecule has 8 unspecified atom stereocenters. The minimum absolute atomic E-state index is 0. The molecule has 0 spiro atoms. The van der Waals surface area contributed by atoms with Gasteiger partial charge in [0.15, 0.2) is 0 Å². The summed E-state index contributed by atoms with van der Waals surface area (Å²) in [6.07, 6.45) is 39.0. The van der Waals surface area contributed by atoms with E-state index in [2.05, 4.69) is 64.1 Å². The zero-order valence-corrected chi connectivity index (χ0v) is 31.3. The first kappa shape index (κ1) is 41.3. The second-order valence-corrected chi connectivity index (χ2v) is 15.7. The summed E-state index contributed by atoms with van der Waals surface area (Å²) in [6.45, 7) is 9.37. The topological polar surface area (TPSA) is 0 Å². The van der Waals surface area contributed by atoms with E-state index in [0.717, 1.165) is 29.6 Å². The minimum atomic E-state index is 0. The van der Waals surface area contributed by atoms with Gasteiger partial charge in [-0.05, 0) is 84.7 Å². The van der Waals surface area contributed by atoms with Gasteiger partial charge in [0.05, 0.1) is 0 Å². The van der Waals surface area contributed by atoms with Gasteiger partial charge in [-0.25, -0.2) is 0 Å². The molecule has 4 fully saturated rings. The van der Waals surface area contributed by atoms with Crippen LogP contribution < -0.4 is 37.7 Å². The molecule has 0 heterocycles. The van der Waals surface area contributed by atoms with Gasteiger partial charge in [-0.3, -0.25) is 0 Å². The molecule has 5 aliphatic carbocycles. The first-order valence-corrected chi connectivity index (χ1v) is 19.9. The summed E-state index contributed by atoms with van der Waals surface area (Å²) in [5.41, 5.74) is 2.98. The Kier molecular flexibility index (Phi) is 21.6. The molecule has 0 aromatic heterocycles.